The number of phenolic OH excluding ortho intramolecular Hbond substituents is 5. The molecule has 2 aromatic carbocycles. The first-order valence-electron chi connectivity index (χ1n) is 6.38. The largest absolute Gasteiger partial charge is 0.504 e. The Balaban J connectivity index is 2.21. The van der Waals surface area contributed by atoms with Crippen molar-refractivity contribution in [1.29, 1.82) is 0 Å². The first-order valence-corrected chi connectivity index (χ1v) is 6.76. The molecule has 6 heteroatoms. The van der Waals surface area contributed by atoms with Gasteiger partial charge >= 0.3 is 0 Å². The first-order chi connectivity index (χ1) is 9.91. The standard InChI is InChI=1S/C15H13ClO5/c16-7-2-4-8-6(5-7)1-3-9(8)10-11(17)13(19)15(21)14(20)12(10)18/h2,4-5,9,17-21H,1,3H2. The molecule has 0 radical (unpaired) electrons. The van der Waals surface area contributed by atoms with E-state index in [0.29, 0.717) is 17.9 Å². The van der Waals surface area contributed by atoms with Crippen molar-refractivity contribution in [2.75, 3.05) is 0 Å². The molecule has 3 rings (SSSR count). The van der Waals surface area contributed by atoms with Gasteiger partial charge in [0.15, 0.2) is 11.5 Å². The average molecular weight is 309 g/mol. The zero-order valence-corrected chi connectivity index (χ0v) is 11.6. The van der Waals surface area contributed by atoms with Crippen LogP contribution in [0.25, 0.3) is 0 Å². The minimum Gasteiger partial charge on any atom is -0.504 e. The highest BCUT2D eigenvalue weighted by atomic mass is 35.5. The third-order valence-electron chi connectivity index (χ3n) is 3.94. The van der Waals surface area contributed by atoms with Crippen molar-refractivity contribution in [2.45, 2.75) is 18.8 Å². The second kappa shape index (κ2) is 4.63. The quantitative estimate of drug-likeness (QED) is 0.412. The SMILES string of the molecule is Oc1c(O)c(O)c(C2CCc3cc(Cl)ccc32)c(O)c1O. The van der Waals surface area contributed by atoms with Crippen LogP contribution in [-0.4, -0.2) is 25.5 Å². The number of hydrogen-bond donors (Lipinski definition) is 5. The molecule has 0 aromatic heterocycles. The molecular formula is C15H13ClO5. The summed E-state index contributed by atoms with van der Waals surface area (Å²) in [6.07, 6.45) is 1.28. The molecule has 0 aliphatic heterocycles. The van der Waals surface area contributed by atoms with E-state index in [0.717, 1.165) is 11.1 Å². The van der Waals surface area contributed by atoms with Gasteiger partial charge in [-0.2, -0.15) is 0 Å². The number of hydrogen-bond acceptors (Lipinski definition) is 5. The van der Waals surface area contributed by atoms with E-state index in [9.17, 15) is 25.5 Å². The predicted molar refractivity (Wildman–Crippen MR) is 76.4 cm³/mol. The molecule has 0 saturated carbocycles. The fourth-order valence-electron chi connectivity index (χ4n) is 2.92. The summed E-state index contributed by atoms with van der Waals surface area (Å²) < 4.78 is 0. The van der Waals surface area contributed by atoms with Crippen LogP contribution < -0.4 is 0 Å². The van der Waals surface area contributed by atoms with Crippen molar-refractivity contribution in [1.82, 2.24) is 0 Å². The minimum absolute atomic E-state index is 0.00359. The molecule has 110 valence electrons. The van der Waals surface area contributed by atoms with Crippen LogP contribution >= 0.6 is 11.6 Å². The molecule has 0 bridgehead atoms. The molecule has 1 aliphatic carbocycles. The second-order valence-corrected chi connectivity index (χ2v) is 5.53. The minimum atomic E-state index is -0.942. The van der Waals surface area contributed by atoms with Crippen molar-refractivity contribution in [3.05, 3.63) is 39.9 Å². The van der Waals surface area contributed by atoms with Gasteiger partial charge in [-0.15, -0.1) is 0 Å². The lowest BCUT2D eigenvalue weighted by atomic mass is 9.90. The van der Waals surface area contributed by atoms with E-state index in [1.807, 2.05) is 6.07 Å². The molecule has 1 unspecified atom stereocenters. The maximum Gasteiger partial charge on any atom is 0.208 e. The number of aryl methyl sites for hydroxylation is 1. The van der Waals surface area contributed by atoms with Gasteiger partial charge in [0.1, 0.15) is 0 Å². The molecule has 0 spiro atoms. The van der Waals surface area contributed by atoms with Crippen LogP contribution in [-0.2, 0) is 6.42 Å². The van der Waals surface area contributed by atoms with E-state index >= 15 is 0 Å². The number of halogens is 1. The molecule has 0 amide bonds. The van der Waals surface area contributed by atoms with Crippen molar-refractivity contribution in [3.8, 4) is 28.7 Å². The number of rotatable bonds is 1. The topological polar surface area (TPSA) is 101 Å². The molecule has 0 saturated heterocycles. The predicted octanol–water partition coefficient (Wildman–Crippen LogP) is 2.95. The van der Waals surface area contributed by atoms with Crippen LogP contribution in [0.4, 0.5) is 0 Å². The van der Waals surface area contributed by atoms with Gasteiger partial charge in [-0.3, -0.25) is 0 Å². The highest BCUT2D eigenvalue weighted by Gasteiger charge is 2.33. The lowest BCUT2D eigenvalue weighted by Crippen LogP contribution is -1.98. The van der Waals surface area contributed by atoms with Crippen LogP contribution in [0, 0.1) is 0 Å². The third kappa shape index (κ3) is 1.93. The Morgan fingerprint density at radius 3 is 2.05 bits per heavy atom. The van der Waals surface area contributed by atoms with Crippen LogP contribution in [0.1, 0.15) is 29.0 Å². The number of aromatic hydroxyl groups is 5. The second-order valence-electron chi connectivity index (χ2n) is 5.09. The fourth-order valence-corrected chi connectivity index (χ4v) is 3.11. The number of fused-ring (bicyclic) bond motifs is 1. The van der Waals surface area contributed by atoms with E-state index in [4.69, 9.17) is 11.6 Å². The zero-order valence-electron chi connectivity index (χ0n) is 10.8. The van der Waals surface area contributed by atoms with Gasteiger partial charge in [0.2, 0.25) is 17.2 Å². The number of phenols is 5. The maximum absolute atomic E-state index is 10.0. The molecule has 2 aromatic rings. The summed E-state index contributed by atoms with van der Waals surface area (Å²) >= 11 is 5.94. The Labute approximate surface area is 125 Å². The highest BCUT2D eigenvalue weighted by molar-refractivity contribution is 6.30. The zero-order chi connectivity index (χ0) is 15.3. The normalized spacial score (nSPS) is 16.9. The number of benzene rings is 2. The Kier molecular flexibility index (Phi) is 3.02. The van der Waals surface area contributed by atoms with E-state index < -0.39 is 34.7 Å². The molecule has 0 heterocycles. The molecule has 1 atom stereocenters. The summed E-state index contributed by atoms with van der Waals surface area (Å²) in [5, 5.41) is 49.4. The Morgan fingerprint density at radius 2 is 1.43 bits per heavy atom. The summed E-state index contributed by atoms with van der Waals surface area (Å²) in [7, 11) is 0. The van der Waals surface area contributed by atoms with E-state index in [2.05, 4.69) is 0 Å². The summed E-state index contributed by atoms with van der Waals surface area (Å²) in [5.41, 5.74) is 1.84. The average Bonchev–Trinajstić information content (AvgIpc) is 2.86. The van der Waals surface area contributed by atoms with E-state index in [-0.39, 0.29) is 5.56 Å². The van der Waals surface area contributed by atoms with Gasteiger partial charge in [-0.25, -0.2) is 0 Å². The van der Waals surface area contributed by atoms with Crippen molar-refractivity contribution >= 4 is 11.6 Å². The van der Waals surface area contributed by atoms with Crippen LogP contribution in [0.5, 0.6) is 28.7 Å². The lowest BCUT2D eigenvalue weighted by Gasteiger charge is -2.18. The molecule has 5 nitrogen and oxygen atoms in total. The van der Waals surface area contributed by atoms with Crippen molar-refractivity contribution in [3.63, 3.8) is 0 Å². The van der Waals surface area contributed by atoms with Gasteiger partial charge in [-0.05, 0) is 36.1 Å². The van der Waals surface area contributed by atoms with Crippen LogP contribution in [0.15, 0.2) is 18.2 Å². The first kappa shape index (κ1) is 13.7. The Morgan fingerprint density at radius 1 is 0.857 bits per heavy atom. The smallest absolute Gasteiger partial charge is 0.208 e. The molecule has 1 aliphatic rings. The Hall–Kier alpha value is -2.27. The lowest BCUT2D eigenvalue weighted by molar-refractivity contribution is 0.322. The molecule has 21 heavy (non-hydrogen) atoms. The summed E-state index contributed by atoms with van der Waals surface area (Å²) in [5.74, 6) is -4.28. The highest BCUT2D eigenvalue weighted by Crippen LogP contribution is 2.56. The third-order valence-corrected chi connectivity index (χ3v) is 4.17. The van der Waals surface area contributed by atoms with E-state index in [1.165, 1.54) is 0 Å². The van der Waals surface area contributed by atoms with Gasteiger partial charge in [0, 0.05) is 10.9 Å². The molecule has 5 N–H and O–H groups in total. The molecular weight excluding hydrogens is 296 g/mol. The van der Waals surface area contributed by atoms with Crippen LogP contribution in [0.2, 0.25) is 5.02 Å². The summed E-state index contributed by atoms with van der Waals surface area (Å²) in [6.45, 7) is 0. The van der Waals surface area contributed by atoms with Gasteiger partial charge in [0.25, 0.3) is 0 Å². The van der Waals surface area contributed by atoms with Crippen LogP contribution in [0.3, 0.4) is 0 Å². The fraction of sp³-hybridized carbons (Fsp3) is 0.200. The summed E-state index contributed by atoms with van der Waals surface area (Å²) in [4.78, 5) is 0. The Bertz CT molecular complexity index is 712. The van der Waals surface area contributed by atoms with Gasteiger partial charge in [0.05, 0.1) is 5.56 Å². The van der Waals surface area contributed by atoms with E-state index in [1.54, 1.807) is 12.1 Å². The van der Waals surface area contributed by atoms with Gasteiger partial charge in [-0.1, -0.05) is 17.7 Å². The van der Waals surface area contributed by atoms with Crippen molar-refractivity contribution < 1.29 is 25.5 Å². The molecule has 0 fully saturated rings. The van der Waals surface area contributed by atoms with Gasteiger partial charge < -0.3 is 25.5 Å². The van der Waals surface area contributed by atoms with Crippen molar-refractivity contribution in [2.24, 2.45) is 0 Å². The maximum atomic E-state index is 10.0. The summed E-state index contributed by atoms with van der Waals surface area (Å²) in [6, 6.07) is 5.30. The monoisotopic (exact) mass is 308 g/mol.